The number of carbonyl (C=O) groups is 1. The summed E-state index contributed by atoms with van der Waals surface area (Å²) in [6.07, 6.45) is 1.38. The fourth-order valence-electron chi connectivity index (χ4n) is 2.69. The molecule has 1 amide bonds. The maximum Gasteiger partial charge on any atom is 0.289 e. The van der Waals surface area contributed by atoms with Crippen molar-refractivity contribution in [3.05, 3.63) is 87.2 Å². The van der Waals surface area contributed by atoms with Gasteiger partial charge in [0, 0.05) is 11.1 Å². The van der Waals surface area contributed by atoms with Crippen LogP contribution in [0.5, 0.6) is 0 Å². The van der Waals surface area contributed by atoms with Crippen LogP contribution in [-0.2, 0) is 0 Å². The lowest BCUT2D eigenvalue weighted by Crippen LogP contribution is -2.17. The number of benzene rings is 2. The molecule has 30 heavy (non-hydrogen) atoms. The van der Waals surface area contributed by atoms with Gasteiger partial charge in [-0.05, 0) is 30.3 Å². The van der Waals surface area contributed by atoms with E-state index in [4.69, 9.17) is 39.2 Å². The maximum atomic E-state index is 12.2. The van der Waals surface area contributed by atoms with Crippen LogP contribution < -0.4 is 5.43 Å². The van der Waals surface area contributed by atoms with Crippen LogP contribution in [0.25, 0.3) is 22.6 Å². The highest BCUT2D eigenvalue weighted by Gasteiger charge is 2.12. The zero-order valence-corrected chi connectivity index (χ0v) is 17.5. The van der Waals surface area contributed by atoms with Gasteiger partial charge in [-0.3, -0.25) is 9.89 Å². The molecule has 9 heteroatoms. The number of rotatable bonds is 5. The lowest BCUT2D eigenvalue weighted by Gasteiger charge is -2.03. The molecule has 0 fully saturated rings. The molecule has 2 aromatic carbocycles. The summed E-state index contributed by atoms with van der Waals surface area (Å²) in [7, 11) is 0. The molecule has 0 atom stereocenters. The van der Waals surface area contributed by atoms with E-state index < -0.39 is 5.91 Å². The Morgan fingerprint density at radius 3 is 2.57 bits per heavy atom. The molecular weight excluding hydrogens is 447 g/mol. The minimum atomic E-state index is -0.430. The summed E-state index contributed by atoms with van der Waals surface area (Å²) in [4.78, 5) is 12.2. The van der Waals surface area contributed by atoms with Crippen molar-refractivity contribution in [3.63, 3.8) is 0 Å². The molecule has 2 heterocycles. The predicted molar refractivity (Wildman–Crippen MR) is 118 cm³/mol. The zero-order valence-electron chi connectivity index (χ0n) is 15.2. The number of H-pyrrole nitrogens is 1. The standard InChI is InChI=1S/C21H13Cl3N4O2/c22-15-9-17(24)16(23)8-14(15)20-7-6-13(30-20)11-25-28-21(29)19-10-18(26-27-19)12-4-2-1-3-5-12/h1-11H,(H,26,27)(H,28,29). The molecule has 0 saturated carbocycles. The first kappa shape index (κ1) is 20.2. The van der Waals surface area contributed by atoms with E-state index in [2.05, 4.69) is 20.7 Å². The summed E-state index contributed by atoms with van der Waals surface area (Å²) in [5, 5.41) is 11.9. The minimum Gasteiger partial charge on any atom is -0.455 e. The number of aromatic nitrogens is 2. The van der Waals surface area contributed by atoms with Crippen LogP contribution >= 0.6 is 34.8 Å². The van der Waals surface area contributed by atoms with E-state index in [-0.39, 0.29) is 5.69 Å². The van der Waals surface area contributed by atoms with Gasteiger partial charge >= 0.3 is 0 Å². The van der Waals surface area contributed by atoms with E-state index in [1.807, 2.05) is 30.3 Å². The van der Waals surface area contributed by atoms with Gasteiger partial charge in [-0.25, -0.2) is 5.43 Å². The summed E-state index contributed by atoms with van der Waals surface area (Å²) in [6.45, 7) is 0. The number of hydrogen-bond acceptors (Lipinski definition) is 4. The molecule has 0 unspecified atom stereocenters. The number of furan rings is 1. The summed E-state index contributed by atoms with van der Waals surface area (Å²) in [5.41, 5.74) is 4.88. The zero-order chi connectivity index (χ0) is 21.1. The monoisotopic (exact) mass is 458 g/mol. The second-order valence-corrected chi connectivity index (χ2v) is 7.40. The van der Waals surface area contributed by atoms with Crippen molar-refractivity contribution in [2.45, 2.75) is 0 Å². The maximum absolute atomic E-state index is 12.2. The van der Waals surface area contributed by atoms with E-state index in [9.17, 15) is 4.79 Å². The summed E-state index contributed by atoms with van der Waals surface area (Å²) < 4.78 is 5.69. The molecule has 2 aromatic heterocycles. The molecular formula is C21H13Cl3N4O2. The van der Waals surface area contributed by atoms with Gasteiger partial charge in [0.05, 0.1) is 27.0 Å². The number of carbonyl (C=O) groups excluding carboxylic acids is 1. The van der Waals surface area contributed by atoms with E-state index >= 15 is 0 Å². The number of nitrogens with one attached hydrogen (secondary N) is 2. The van der Waals surface area contributed by atoms with E-state index in [0.717, 1.165) is 5.56 Å². The molecule has 0 aliphatic carbocycles. The van der Waals surface area contributed by atoms with Crippen molar-refractivity contribution in [2.75, 3.05) is 0 Å². The number of nitrogens with zero attached hydrogens (tertiary/aromatic N) is 2. The lowest BCUT2D eigenvalue weighted by molar-refractivity contribution is 0.0950. The second kappa shape index (κ2) is 8.75. The largest absolute Gasteiger partial charge is 0.455 e. The summed E-state index contributed by atoms with van der Waals surface area (Å²) in [6, 6.07) is 17.7. The Balaban J connectivity index is 1.43. The molecule has 0 radical (unpaired) electrons. The molecule has 0 spiro atoms. The molecule has 6 nitrogen and oxygen atoms in total. The van der Waals surface area contributed by atoms with Crippen molar-refractivity contribution >= 4 is 46.9 Å². The van der Waals surface area contributed by atoms with Crippen LogP contribution in [0.1, 0.15) is 16.2 Å². The highest BCUT2D eigenvalue weighted by Crippen LogP contribution is 2.35. The van der Waals surface area contributed by atoms with Gasteiger partial charge in [0.15, 0.2) is 0 Å². The van der Waals surface area contributed by atoms with Crippen LogP contribution in [0.4, 0.5) is 0 Å². The topological polar surface area (TPSA) is 83.3 Å². The Morgan fingerprint density at radius 1 is 1.00 bits per heavy atom. The molecule has 4 aromatic rings. The molecule has 0 saturated heterocycles. The second-order valence-electron chi connectivity index (χ2n) is 6.18. The Hall–Kier alpha value is -3.06. The average Bonchev–Trinajstić information content (AvgIpc) is 3.41. The minimum absolute atomic E-state index is 0.286. The Kier molecular flexibility index (Phi) is 5.90. The molecule has 0 aliphatic heterocycles. The number of aromatic amines is 1. The third kappa shape index (κ3) is 4.41. The first-order chi connectivity index (χ1) is 14.5. The van der Waals surface area contributed by atoms with Crippen molar-refractivity contribution in [3.8, 4) is 22.6 Å². The van der Waals surface area contributed by atoms with Crippen molar-refractivity contribution in [1.29, 1.82) is 0 Å². The molecule has 0 aliphatic rings. The number of hydrogen-bond donors (Lipinski definition) is 2. The van der Waals surface area contributed by atoms with Crippen LogP contribution in [0.2, 0.25) is 15.1 Å². The summed E-state index contributed by atoms with van der Waals surface area (Å²) >= 11 is 18.2. The predicted octanol–water partition coefficient (Wildman–Crippen LogP) is 6.06. The molecule has 2 N–H and O–H groups in total. The highest BCUT2D eigenvalue weighted by atomic mass is 35.5. The van der Waals surface area contributed by atoms with E-state index in [0.29, 0.717) is 37.8 Å². The average molecular weight is 460 g/mol. The lowest BCUT2D eigenvalue weighted by atomic mass is 10.1. The third-order valence-corrected chi connectivity index (χ3v) is 5.19. The molecule has 150 valence electrons. The van der Waals surface area contributed by atoms with Gasteiger partial charge in [0.2, 0.25) is 0 Å². The van der Waals surface area contributed by atoms with E-state index in [1.165, 1.54) is 6.21 Å². The normalized spacial score (nSPS) is 11.2. The Morgan fingerprint density at radius 2 is 1.77 bits per heavy atom. The summed E-state index contributed by atoms with van der Waals surface area (Å²) in [5.74, 6) is 0.481. The smallest absolute Gasteiger partial charge is 0.289 e. The van der Waals surface area contributed by atoms with Crippen LogP contribution in [0, 0.1) is 0 Å². The van der Waals surface area contributed by atoms with Crippen molar-refractivity contribution in [1.82, 2.24) is 15.6 Å². The van der Waals surface area contributed by atoms with Crippen LogP contribution in [-0.4, -0.2) is 22.3 Å². The highest BCUT2D eigenvalue weighted by molar-refractivity contribution is 6.44. The van der Waals surface area contributed by atoms with Gasteiger partial charge in [-0.2, -0.15) is 10.2 Å². The van der Waals surface area contributed by atoms with Crippen LogP contribution in [0.3, 0.4) is 0 Å². The van der Waals surface area contributed by atoms with Gasteiger partial charge in [0.25, 0.3) is 5.91 Å². The SMILES string of the molecule is O=C(NN=Cc1ccc(-c2cc(Cl)c(Cl)cc2Cl)o1)c1cc(-c2ccccc2)n[nH]1. The fraction of sp³-hybridized carbons (Fsp3) is 0. The quantitative estimate of drug-likeness (QED) is 0.216. The number of halogens is 3. The molecule has 4 rings (SSSR count). The van der Waals surface area contributed by atoms with Gasteiger partial charge < -0.3 is 4.42 Å². The van der Waals surface area contributed by atoms with Crippen LogP contribution in [0.15, 0.2) is 70.2 Å². The first-order valence-electron chi connectivity index (χ1n) is 8.70. The number of hydrazone groups is 1. The van der Waals surface area contributed by atoms with Gasteiger partial charge in [-0.15, -0.1) is 0 Å². The first-order valence-corrected chi connectivity index (χ1v) is 9.83. The molecule has 0 bridgehead atoms. The van der Waals surface area contributed by atoms with Gasteiger partial charge in [-0.1, -0.05) is 65.1 Å². The Bertz CT molecular complexity index is 1230. The fourth-order valence-corrected chi connectivity index (χ4v) is 3.33. The van der Waals surface area contributed by atoms with Crippen molar-refractivity contribution in [2.24, 2.45) is 5.10 Å². The van der Waals surface area contributed by atoms with Gasteiger partial charge in [0.1, 0.15) is 17.2 Å². The number of amides is 1. The third-order valence-electron chi connectivity index (χ3n) is 4.15. The Labute approximate surface area is 186 Å². The van der Waals surface area contributed by atoms with E-state index in [1.54, 1.807) is 30.3 Å². The van der Waals surface area contributed by atoms with Crippen molar-refractivity contribution < 1.29 is 9.21 Å².